The molecule has 2 heterocycles. The number of rotatable bonds is 7. The number of fused-ring (bicyclic) bond motifs is 1. The number of nitrogens with zero attached hydrogens (tertiary/aromatic N) is 2. The summed E-state index contributed by atoms with van der Waals surface area (Å²) in [4.78, 5) is 11.9. The molecule has 1 aromatic heterocycles. The Morgan fingerprint density at radius 2 is 2.29 bits per heavy atom. The molecule has 0 radical (unpaired) electrons. The average molecular weight is 331 g/mol. The van der Waals surface area contributed by atoms with E-state index in [1.54, 1.807) is 19.2 Å². The quantitative estimate of drug-likeness (QED) is 0.824. The van der Waals surface area contributed by atoms with Crippen LogP contribution in [0.1, 0.15) is 11.3 Å². The van der Waals surface area contributed by atoms with Crippen LogP contribution in [-0.4, -0.2) is 42.6 Å². The van der Waals surface area contributed by atoms with Crippen LogP contribution in [0.5, 0.6) is 11.5 Å². The average Bonchev–Trinajstić information content (AvgIpc) is 3.03. The Labute approximate surface area is 140 Å². The van der Waals surface area contributed by atoms with Gasteiger partial charge >= 0.3 is 0 Å². The SMILES string of the molecule is COc1cccc(OCC(=O)NCCn2ncc3c2CCOC3)c1. The smallest absolute Gasteiger partial charge is 0.258 e. The molecule has 7 nitrogen and oxygen atoms in total. The van der Waals surface area contributed by atoms with Gasteiger partial charge in [0.05, 0.1) is 33.1 Å². The van der Waals surface area contributed by atoms with Gasteiger partial charge in [0.1, 0.15) is 11.5 Å². The van der Waals surface area contributed by atoms with Crippen LogP contribution in [0.2, 0.25) is 0 Å². The molecule has 24 heavy (non-hydrogen) atoms. The summed E-state index contributed by atoms with van der Waals surface area (Å²) in [5.74, 6) is 1.13. The Hall–Kier alpha value is -2.54. The highest BCUT2D eigenvalue weighted by atomic mass is 16.5. The lowest BCUT2D eigenvalue weighted by Gasteiger charge is -2.15. The maximum Gasteiger partial charge on any atom is 0.258 e. The summed E-state index contributed by atoms with van der Waals surface area (Å²) in [7, 11) is 1.59. The molecule has 0 bridgehead atoms. The van der Waals surface area contributed by atoms with Gasteiger partial charge in [0.15, 0.2) is 6.61 Å². The van der Waals surface area contributed by atoms with Crippen LogP contribution in [-0.2, 0) is 29.1 Å². The molecule has 2 aromatic rings. The molecule has 0 saturated heterocycles. The van der Waals surface area contributed by atoms with Crippen molar-refractivity contribution in [2.45, 2.75) is 19.6 Å². The van der Waals surface area contributed by atoms with E-state index in [2.05, 4.69) is 10.4 Å². The molecule has 1 aromatic carbocycles. The van der Waals surface area contributed by atoms with Crippen molar-refractivity contribution in [3.8, 4) is 11.5 Å². The van der Waals surface area contributed by atoms with Crippen molar-refractivity contribution in [2.24, 2.45) is 0 Å². The van der Waals surface area contributed by atoms with E-state index in [-0.39, 0.29) is 12.5 Å². The number of amides is 1. The van der Waals surface area contributed by atoms with Gasteiger partial charge in [-0.1, -0.05) is 6.07 Å². The van der Waals surface area contributed by atoms with Crippen LogP contribution in [0.15, 0.2) is 30.5 Å². The third-order valence-corrected chi connectivity index (χ3v) is 3.83. The van der Waals surface area contributed by atoms with Gasteiger partial charge in [-0.3, -0.25) is 9.48 Å². The minimum atomic E-state index is -0.165. The number of benzene rings is 1. The normalized spacial score (nSPS) is 13.2. The third-order valence-electron chi connectivity index (χ3n) is 3.83. The van der Waals surface area contributed by atoms with Gasteiger partial charge in [0, 0.05) is 30.3 Å². The van der Waals surface area contributed by atoms with Gasteiger partial charge in [0.2, 0.25) is 0 Å². The molecule has 0 atom stereocenters. The third kappa shape index (κ3) is 4.05. The molecule has 1 aliphatic rings. The second-order valence-electron chi connectivity index (χ2n) is 5.46. The zero-order valence-electron chi connectivity index (χ0n) is 13.7. The lowest BCUT2D eigenvalue weighted by molar-refractivity contribution is -0.123. The second-order valence-corrected chi connectivity index (χ2v) is 5.46. The predicted molar refractivity (Wildman–Crippen MR) is 87.1 cm³/mol. The van der Waals surface area contributed by atoms with Gasteiger partial charge in [-0.05, 0) is 12.1 Å². The van der Waals surface area contributed by atoms with Crippen LogP contribution >= 0.6 is 0 Å². The molecule has 0 spiro atoms. The lowest BCUT2D eigenvalue weighted by atomic mass is 10.2. The first-order chi connectivity index (χ1) is 11.8. The number of aromatic nitrogens is 2. The summed E-state index contributed by atoms with van der Waals surface area (Å²) in [5, 5.41) is 7.19. The number of ether oxygens (including phenoxy) is 3. The topological polar surface area (TPSA) is 74.6 Å². The summed E-state index contributed by atoms with van der Waals surface area (Å²) in [6, 6.07) is 7.17. The zero-order valence-corrected chi connectivity index (χ0v) is 13.7. The lowest BCUT2D eigenvalue weighted by Crippen LogP contribution is -2.32. The first-order valence-electron chi connectivity index (χ1n) is 7.91. The number of nitrogens with one attached hydrogen (secondary N) is 1. The first kappa shape index (κ1) is 16.3. The van der Waals surface area contributed by atoms with Crippen molar-refractivity contribution < 1.29 is 19.0 Å². The summed E-state index contributed by atoms with van der Waals surface area (Å²) >= 11 is 0. The minimum Gasteiger partial charge on any atom is -0.497 e. The van der Waals surface area contributed by atoms with Crippen molar-refractivity contribution in [1.82, 2.24) is 15.1 Å². The molecular formula is C17H21N3O4. The number of methoxy groups -OCH3 is 1. The monoisotopic (exact) mass is 331 g/mol. The largest absolute Gasteiger partial charge is 0.497 e. The number of hydrogen-bond acceptors (Lipinski definition) is 5. The molecule has 1 N–H and O–H groups in total. The molecular weight excluding hydrogens is 310 g/mol. The summed E-state index contributed by atoms with van der Waals surface area (Å²) in [6.07, 6.45) is 2.70. The molecule has 7 heteroatoms. The van der Waals surface area contributed by atoms with E-state index in [4.69, 9.17) is 14.2 Å². The fraction of sp³-hybridized carbons (Fsp3) is 0.412. The summed E-state index contributed by atoms with van der Waals surface area (Å²) in [6.45, 7) is 2.46. The van der Waals surface area contributed by atoms with Crippen LogP contribution in [0.4, 0.5) is 0 Å². The Bertz CT molecular complexity index is 699. The fourth-order valence-corrected chi connectivity index (χ4v) is 2.60. The Morgan fingerprint density at radius 3 is 3.17 bits per heavy atom. The highest BCUT2D eigenvalue weighted by molar-refractivity contribution is 5.77. The Balaban J connectivity index is 1.42. The maximum absolute atomic E-state index is 11.9. The zero-order chi connectivity index (χ0) is 16.8. The van der Waals surface area contributed by atoms with Crippen LogP contribution in [0.25, 0.3) is 0 Å². The number of hydrogen-bond donors (Lipinski definition) is 1. The van der Waals surface area contributed by atoms with Gasteiger partial charge in [0.25, 0.3) is 5.91 Å². The highest BCUT2D eigenvalue weighted by Gasteiger charge is 2.15. The highest BCUT2D eigenvalue weighted by Crippen LogP contribution is 2.18. The van der Waals surface area contributed by atoms with Crippen molar-refractivity contribution in [1.29, 1.82) is 0 Å². The first-order valence-corrected chi connectivity index (χ1v) is 7.91. The predicted octanol–water partition coefficient (Wildman–Crippen LogP) is 1.16. The molecule has 0 unspecified atom stereocenters. The number of carbonyl (C=O) groups excluding carboxylic acids is 1. The molecule has 3 rings (SSSR count). The van der Waals surface area contributed by atoms with Crippen LogP contribution in [0, 0.1) is 0 Å². The van der Waals surface area contributed by atoms with E-state index < -0.39 is 0 Å². The fourth-order valence-electron chi connectivity index (χ4n) is 2.60. The van der Waals surface area contributed by atoms with E-state index in [1.807, 2.05) is 23.0 Å². The Kier molecular flexibility index (Phi) is 5.32. The van der Waals surface area contributed by atoms with Gasteiger partial charge in [-0.15, -0.1) is 0 Å². The summed E-state index contributed by atoms with van der Waals surface area (Å²) < 4.78 is 17.9. The van der Waals surface area contributed by atoms with Crippen molar-refractivity contribution in [2.75, 3.05) is 26.9 Å². The number of carbonyl (C=O) groups is 1. The van der Waals surface area contributed by atoms with Gasteiger partial charge in [-0.2, -0.15) is 5.10 Å². The second kappa shape index (κ2) is 7.83. The van der Waals surface area contributed by atoms with E-state index >= 15 is 0 Å². The van der Waals surface area contributed by atoms with Crippen molar-refractivity contribution >= 4 is 5.91 Å². The molecule has 1 aliphatic heterocycles. The van der Waals surface area contributed by atoms with Crippen LogP contribution < -0.4 is 14.8 Å². The van der Waals surface area contributed by atoms with E-state index in [9.17, 15) is 4.79 Å². The standard InChI is InChI=1S/C17H21N3O4/c1-22-14-3-2-4-15(9-14)24-12-17(21)18-6-7-20-16-5-8-23-11-13(16)10-19-20/h2-4,9-10H,5-8,11-12H2,1H3,(H,18,21). The van der Waals surface area contributed by atoms with E-state index in [0.717, 1.165) is 18.6 Å². The van der Waals surface area contributed by atoms with E-state index in [1.165, 1.54) is 5.69 Å². The maximum atomic E-state index is 11.9. The van der Waals surface area contributed by atoms with E-state index in [0.29, 0.717) is 31.2 Å². The molecule has 128 valence electrons. The summed E-state index contributed by atoms with van der Waals surface area (Å²) in [5.41, 5.74) is 2.33. The minimum absolute atomic E-state index is 0.0295. The molecule has 0 saturated carbocycles. The molecule has 0 aliphatic carbocycles. The van der Waals surface area contributed by atoms with Crippen molar-refractivity contribution in [3.05, 3.63) is 41.7 Å². The van der Waals surface area contributed by atoms with Crippen molar-refractivity contribution in [3.63, 3.8) is 0 Å². The van der Waals surface area contributed by atoms with Crippen LogP contribution in [0.3, 0.4) is 0 Å². The van der Waals surface area contributed by atoms with Gasteiger partial charge in [-0.25, -0.2) is 0 Å². The molecule has 1 amide bonds. The molecule has 0 fully saturated rings. The van der Waals surface area contributed by atoms with Gasteiger partial charge < -0.3 is 19.5 Å². The Morgan fingerprint density at radius 1 is 1.42 bits per heavy atom.